The Morgan fingerprint density at radius 2 is 1.96 bits per heavy atom. The van der Waals surface area contributed by atoms with Crippen molar-refractivity contribution in [3.8, 4) is 0 Å². The van der Waals surface area contributed by atoms with Gasteiger partial charge in [0.05, 0.1) is 22.9 Å². The molecule has 0 saturated heterocycles. The van der Waals surface area contributed by atoms with Gasteiger partial charge in [0, 0.05) is 15.5 Å². The lowest BCUT2D eigenvalue weighted by molar-refractivity contribution is -0.143. The Hall–Kier alpha value is -2.13. The van der Waals surface area contributed by atoms with Crippen LogP contribution in [0.25, 0.3) is 0 Å². The van der Waals surface area contributed by atoms with Gasteiger partial charge in [-0.25, -0.2) is 0 Å². The number of esters is 1. The van der Waals surface area contributed by atoms with Gasteiger partial charge in [-0.05, 0) is 30.3 Å². The molecule has 2 aromatic carbocycles. The van der Waals surface area contributed by atoms with Gasteiger partial charge in [0.25, 0.3) is 0 Å². The van der Waals surface area contributed by atoms with Crippen molar-refractivity contribution in [2.45, 2.75) is 27.6 Å². The Morgan fingerprint density at radius 3 is 2.75 bits per heavy atom. The van der Waals surface area contributed by atoms with E-state index in [-0.39, 0.29) is 18.9 Å². The van der Waals surface area contributed by atoms with Crippen LogP contribution < -0.4 is 5.32 Å². The van der Waals surface area contributed by atoms with E-state index < -0.39 is 23.0 Å². The molecule has 28 heavy (non-hydrogen) atoms. The number of fused-ring (bicyclic) bond motifs is 1. The molecule has 0 bridgehead atoms. The summed E-state index contributed by atoms with van der Waals surface area (Å²) >= 11 is 2.48. The van der Waals surface area contributed by atoms with Crippen LogP contribution in [0.5, 0.6) is 0 Å². The number of carbonyl (C=O) groups is 2. The van der Waals surface area contributed by atoms with Gasteiger partial charge < -0.3 is 10.1 Å². The van der Waals surface area contributed by atoms with E-state index in [0.29, 0.717) is 10.6 Å². The molecule has 3 rings (SSSR count). The smallest absolute Gasteiger partial charge is 0.416 e. The van der Waals surface area contributed by atoms with E-state index in [1.54, 1.807) is 12.1 Å². The first-order valence-electron chi connectivity index (χ1n) is 8.35. The predicted molar refractivity (Wildman–Crippen MR) is 102 cm³/mol. The Bertz CT molecular complexity index is 873. The van der Waals surface area contributed by atoms with Crippen molar-refractivity contribution in [2.24, 2.45) is 0 Å². The van der Waals surface area contributed by atoms with E-state index in [0.717, 1.165) is 22.7 Å². The number of ether oxygens (including phenoxy) is 1. The van der Waals surface area contributed by atoms with Crippen molar-refractivity contribution in [2.75, 3.05) is 17.7 Å². The molecule has 0 aromatic heterocycles. The highest BCUT2D eigenvalue weighted by molar-refractivity contribution is 8.01. The largest absolute Gasteiger partial charge is 0.465 e. The molecule has 1 heterocycles. The van der Waals surface area contributed by atoms with E-state index in [4.69, 9.17) is 4.74 Å². The van der Waals surface area contributed by atoms with Crippen molar-refractivity contribution in [3.63, 3.8) is 0 Å². The topological polar surface area (TPSA) is 55.4 Å². The highest BCUT2D eigenvalue weighted by Gasteiger charge is 2.31. The number of halogens is 3. The van der Waals surface area contributed by atoms with Gasteiger partial charge >= 0.3 is 12.1 Å². The van der Waals surface area contributed by atoms with Crippen LogP contribution >= 0.6 is 23.5 Å². The molecule has 148 valence electrons. The molecule has 0 fully saturated rings. The number of rotatable bonds is 6. The molecule has 0 aliphatic carbocycles. The van der Waals surface area contributed by atoms with Gasteiger partial charge in [-0.15, -0.1) is 23.5 Å². The number of benzene rings is 2. The molecule has 1 N–H and O–H groups in total. The van der Waals surface area contributed by atoms with Gasteiger partial charge in [-0.2, -0.15) is 13.2 Å². The van der Waals surface area contributed by atoms with E-state index >= 15 is 0 Å². The molecule has 9 heteroatoms. The third-order valence-electron chi connectivity index (χ3n) is 3.84. The molecular weight excluding hydrogens is 411 g/mol. The summed E-state index contributed by atoms with van der Waals surface area (Å²) in [5, 5.41) is 2.19. The maximum absolute atomic E-state index is 12.7. The number of alkyl halides is 3. The second-order valence-electron chi connectivity index (χ2n) is 5.89. The number of hydrogen-bond acceptors (Lipinski definition) is 5. The van der Waals surface area contributed by atoms with Gasteiger partial charge in [-0.1, -0.05) is 18.2 Å². The number of para-hydroxylation sites is 1. The lowest BCUT2D eigenvalue weighted by atomic mass is 10.2. The van der Waals surface area contributed by atoms with Crippen LogP contribution in [0.4, 0.5) is 18.9 Å². The van der Waals surface area contributed by atoms with Crippen LogP contribution in [0.1, 0.15) is 12.0 Å². The van der Waals surface area contributed by atoms with Crippen LogP contribution in [0.2, 0.25) is 0 Å². The fourth-order valence-corrected chi connectivity index (χ4v) is 4.40. The van der Waals surface area contributed by atoms with E-state index in [2.05, 4.69) is 5.32 Å². The van der Waals surface area contributed by atoms with E-state index in [1.807, 2.05) is 18.2 Å². The zero-order chi connectivity index (χ0) is 20.1. The normalized spacial score (nSPS) is 16.2. The summed E-state index contributed by atoms with van der Waals surface area (Å²) in [6, 6.07) is 12.3. The molecule has 2 aromatic rings. The van der Waals surface area contributed by atoms with Crippen LogP contribution in [0.3, 0.4) is 0 Å². The SMILES string of the molecule is O=C(CC1Sc2ccccc2NC1=O)OCCSc1cccc(C(F)(F)F)c1. The molecule has 1 amide bonds. The van der Waals surface area contributed by atoms with Gasteiger partial charge in [0.2, 0.25) is 5.91 Å². The van der Waals surface area contributed by atoms with Crippen molar-refractivity contribution < 1.29 is 27.5 Å². The number of anilines is 1. The van der Waals surface area contributed by atoms with Crippen LogP contribution in [-0.2, 0) is 20.5 Å². The first kappa shape index (κ1) is 20.6. The summed E-state index contributed by atoms with van der Waals surface area (Å²) in [4.78, 5) is 25.4. The Morgan fingerprint density at radius 1 is 1.18 bits per heavy atom. The molecule has 1 unspecified atom stereocenters. The summed E-state index contributed by atoms with van der Waals surface area (Å²) < 4.78 is 43.2. The maximum Gasteiger partial charge on any atom is 0.416 e. The monoisotopic (exact) mass is 427 g/mol. The summed E-state index contributed by atoms with van der Waals surface area (Å²) in [6.07, 6.45) is -4.46. The molecule has 0 saturated carbocycles. The Labute approximate surface area is 168 Å². The second kappa shape index (κ2) is 8.91. The maximum atomic E-state index is 12.7. The molecule has 1 aliphatic heterocycles. The van der Waals surface area contributed by atoms with Gasteiger partial charge in [0.15, 0.2) is 0 Å². The molecule has 0 radical (unpaired) electrons. The summed E-state index contributed by atoms with van der Waals surface area (Å²) in [7, 11) is 0. The first-order valence-corrected chi connectivity index (χ1v) is 10.2. The van der Waals surface area contributed by atoms with Crippen molar-refractivity contribution in [1.82, 2.24) is 0 Å². The quantitative estimate of drug-likeness (QED) is 0.406. The minimum Gasteiger partial charge on any atom is -0.465 e. The molecular formula is C19H16F3NO3S2. The van der Waals surface area contributed by atoms with Crippen LogP contribution in [0.15, 0.2) is 58.3 Å². The van der Waals surface area contributed by atoms with Gasteiger partial charge in [-0.3, -0.25) is 9.59 Å². The van der Waals surface area contributed by atoms with Crippen molar-refractivity contribution in [1.29, 1.82) is 0 Å². The number of hydrogen-bond donors (Lipinski definition) is 1. The minimum atomic E-state index is -4.39. The molecule has 1 aliphatic rings. The highest BCUT2D eigenvalue weighted by Crippen LogP contribution is 2.36. The second-order valence-corrected chi connectivity index (χ2v) is 8.30. The molecule has 1 atom stereocenters. The first-order chi connectivity index (χ1) is 13.3. The van der Waals surface area contributed by atoms with Crippen molar-refractivity contribution >= 4 is 41.1 Å². The van der Waals surface area contributed by atoms with Crippen LogP contribution in [0, 0.1) is 0 Å². The average molecular weight is 427 g/mol. The van der Waals surface area contributed by atoms with Gasteiger partial charge in [0.1, 0.15) is 6.61 Å². The minimum absolute atomic E-state index is 0.0509. The lowest BCUT2D eigenvalue weighted by Gasteiger charge is -2.23. The third-order valence-corrected chi connectivity index (χ3v) is 6.07. The zero-order valence-electron chi connectivity index (χ0n) is 14.5. The number of carbonyl (C=O) groups excluding carboxylic acids is 2. The lowest BCUT2D eigenvalue weighted by Crippen LogP contribution is -2.31. The fraction of sp³-hybridized carbons (Fsp3) is 0.263. The Kier molecular flexibility index (Phi) is 6.56. The van der Waals surface area contributed by atoms with Crippen molar-refractivity contribution in [3.05, 3.63) is 54.1 Å². The molecule has 0 spiro atoms. The van der Waals surface area contributed by atoms with E-state index in [9.17, 15) is 22.8 Å². The summed E-state index contributed by atoms with van der Waals surface area (Å²) in [5.41, 5.74) is 0.00900. The summed E-state index contributed by atoms with van der Waals surface area (Å²) in [5.74, 6) is -0.449. The Balaban J connectivity index is 1.44. The number of thioether (sulfide) groups is 2. The highest BCUT2D eigenvalue weighted by atomic mass is 32.2. The number of amides is 1. The zero-order valence-corrected chi connectivity index (χ0v) is 16.1. The number of nitrogens with one attached hydrogen (secondary N) is 1. The average Bonchev–Trinajstić information content (AvgIpc) is 2.65. The van der Waals surface area contributed by atoms with E-state index in [1.165, 1.54) is 29.6 Å². The fourth-order valence-electron chi connectivity index (χ4n) is 2.51. The molecule has 4 nitrogen and oxygen atoms in total. The summed E-state index contributed by atoms with van der Waals surface area (Å²) in [6.45, 7) is 0.0509. The predicted octanol–water partition coefficient (Wildman–Crippen LogP) is 4.84. The van der Waals surface area contributed by atoms with Crippen LogP contribution in [-0.4, -0.2) is 29.5 Å². The third kappa shape index (κ3) is 5.45. The standard InChI is InChI=1S/C19H16F3NO3S2/c20-19(21,22)12-4-3-5-13(10-12)27-9-8-26-17(24)11-16-18(25)23-14-6-1-2-7-15(14)28-16/h1-7,10,16H,8-9,11H2,(H,23,25).